The molecule has 0 bridgehead atoms. The molecule has 0 unspecified atom stereocenters. The number of ether oxygens (including phenoxy) is 1. The normalized spacial score (nSPS) is 23.1. The topological polar surface area (TPSA) is 96.0 Å². The van der Waals surface area contributed by atoms with Crippen molar-refractivity contribution in [3.8, 4) is 0 Å². The lowest BCUT2D eigenvalue weighted by molar-refractivity contribution is -0.131. The number of hydrogen-bond acceptors (Lipinski definition) is 5. The number of nitrogens with zero attached hydrogens (tertiary/aromatic N) is 2. The van der Waals surface area contributed by atoms with E-state index in [0.29, 0.717) is 38.3 Å². The SMILES string of the molecule is CCCCCC[C@@]1(C)NC(=O)N(Cc2cccc(S(=O)(=O)N3CCOCC3)c2)C1=O. The smallest absolute Gasteiger partial charge is 0.325 e. The molecule has 166 valence electrons. The molecule has 2 aliphatic heterocycles. The summed E-state index contributed by atoms with van der Waals surface area (Å²) in [6, 6.07) is 6.03. The molecule has 8 nitrogen and oxygen atoms in total. The van der Waals surface area contributed by atoms with Gasteiger partial charge in [0.05, 0.1) is 24.7 Å². The second kappa shape index (κ2) is 9.45. The summed E-state index contributed by atoms with van der Waals surface area (Å²) in [6.45, 7) is 5.31. The summed E-state index contributed by atoms with van der Waals surface area (Å²) < 4.78 is 32.4. The van der Waals surface area contributed by atoms with Gasteiger partial charge >= 0.3 is 6.03 Å². The van der Waals surface area contributed by atoms with Crippen molar-refractivity contribution in [3.05, 3.63) is 29.8 Å². The third-order valence-electron chi connectivity index (χ3n) is 5.72. The van der Waals surface area contributed by atoms with E-state index in [1.165, 1.54) is 15.3 Å². The number of hydrogen-bond donors (Lipinski definition) is 1. The Labute approximate surface area is 178 Å². The zero-order valence-corrected chi connectivity index (χ0v) is 18.5. The molecule has 2 fully saturated rings. The number of benzene rings is 1. The van der Waals surface area contributed by atoms with E-state index in [0.717, 1.165) is 25.7 Å². The van der Waals surface area contributed by atoms with Crippen LogP contribution >= 0.6 is 0 Å². The van der Waals surface area contributed by atoms with Gasteiger partial charge in [-0.15, -0.1) is 0 Å². The van der Waals surface area contributed by atoms with E-state index in [1.54, 1.807) is 25.1 Å². The maximum Gasteiger partial charge on any atom is 0.325 e. The van der Waals surface area contributed by atoms with Crippen LogP contribution in [0.15, 0.2) is 29.2 Å². The predicted octanol–water partition coefficient (Wildman–Crippen LogP) is 2.49. The van der Waals surface area contributed by atoms with Gasteiger partial charge in [-0.1, -0.05) is 44.7 Å². The Kier molecular flexibility index (Phi) is 7.15. The maximum atomic E-state index is 12.9. The number of morpholine rings is 1. The molecule has 3 amide bonds. The largest absolute Gasteiger partial charge is 0.379 e. The van der Waals surface area contributed by atoms with Gasteiger partial charge in [0.25, 0.3) is 5.91 Å². The number of imide groups is 1. The van der Waals surface area contributed by atoms with Gasteiger partial charge < -0.3 is 10.1 Å². The van der Waals surface area contributed by atoms with Crippen molar-refractivity contribution < 1.29 is 22.7 Å². The molecular formula is C21H31N3O5S. The zero-order chi connectivity index (χ0) is 21.8. The number of urea groups is 1. The Morgan fingerprint density at radius 1 is 1.13 bits per heavy atom. The van der Waals surface area contributed by atoms with E-state index < -0.39 is 21.6 Å². The van der Waals surface area contributed by atoms with Gasteiger partial charge in [0.1, 0.15) is 5.54 Å². The summed E-state index contributed by atoms with van der Waals surface area (Å²) >= 11 is 0. The molecule has 1 aromatic carbocycles. The second-order valence-corrected chi connectivity index (χ2v) is 10.1. The molecule has 2 saturated heterocycles. The first kappa shape index (κ1) is 22.7. The Morgan fingerprint density at radius 2 is 1.87 bits per heavy atom. The van der Waals surface area contributed by atoms with Gasteiger partial charge in [-0.2, -0.15) is 4.31 Å². The van der Waals surface area contributed by atoms with Crippen molar-refractivity contribution >= 4 is 22.0 Å². The molecule has 30 heavy (non-hydrogen) atoms. The third kappa shape index (κ3) is 4.84. The van der Waals surface area contributed by atoms with Crippen LogP contribution in [0.25, 0.3) is 0 Å². The average molecular weight is 438 g/mol. The first-order valence-electron chi connectivity index (χ1n) is 10.6. The Balaban J connectivity index is 1.71. The van der Waals surface area contributed by atoms with Crippen molar-refractivity contribution in [2.24, 2.45) is 0 Å². The first-order chi connectivity index (χ1) is 14.3. The highest BCUT2D eigenvalue weighted by molar-refractivity contribution is 7.89. The van der Waals surface area contributed by atoms with Crippen LogP contribution in [0.4, 0.5) is 4.79 Å². The highest BCUT2D eigenvalue weighted by atomic mass is 32.2. The van der Waals surface area contributed by atoms with Gasteiger partial charge in [-0.3, -0.25) is 9.69 Å². The molecule has 2 aliphatic rings. The average Bonchev–Trinajstić information content (AvgIpc) is 2.95. The van der Waals surface area contributed by atoms with E-state index in [4.69, 9.17) is 4.74 Å². The van der Waals surface area contributed by atoms with Gasteiger partial charge in [-0.25, -0.2) is 13.2 Å². The minimum Gasteiger partial charge on any atom is -0.379 e. The molecule has 0 radical (unpaired) electrons. The summed E-state index contributed by atoms with van der Waals surface area (Å²) in [5.74, 6) is -0.259. The summed E-state index contributed by atoms with van der Waals surface area (Å²) in [5, 5.41) is 2.82. The van der Waals surface area contributed by atoms with Crippen molar-refractivity contribution in [2.45, 2.75) is 62.9 Å². The minimum atomic E-state index is -3.64. The van der Waals surface area contributed by atoms with Gasteiger partial charge in [-0.05, 0) is 31.0 Å². The molecule has 0 spiro atoms. The van der Waals surface area contributed by atoms with Crippen LogP contribution in [0.5, 0.6) is 0 Å². The Morgan fingerprint density at radius 3 is 2.57 bits per heavy atom. The predicted molar refractivity (Wildman–Crippen MR) is 112 cm³/mol. The number of carbonyl (C=O) groups excluding carboxylic acids is 2. The third-order valence-corrected chi connectivity index (χ3v) is 7.62. The van der Waals surface area contributed by atoms with Gasteiger partial charge in [0.2, 0.25) is 10.0 Å². The minimum absolute atomic E-state index is 0.0433. The van der Waals surface area contributed by atoms with E-state index in [-0.39, 0.29) is 17.3 Å². The summed E-state index contributed by atoms with van der Waals surface area (Å²) in [7, 11) is -3.64. The summed E-state index contributed by atoms with van der Waals surface area (Å²) in [4.78, 5) is 26.8. The second-order valence-electron chi connectivity index (χ2n) is 8.13. The summed E-state index contributed by atoms with van der Waals surface area (Å²) in [5.41, 5.74) is -0.300. The fourth-order valence-electron chi connectivity index (χ4n) is 3.89. The number of nitrogens with one attached hydrogen (secondary N) is 1. The molecule has 1 N–H and O–H groups in total. The van der Waals surface area contributed by atoms with E-state index in [9.17, 15) is 18.0 Å². The number of carbonyl (C=O) groups is 2. The molecule has 1 aromatic rings. The van der Waals surface area contributed by atoms with E-state index >= 15 is 0 Å². The lowest BCUT2D eigenvalue weighted by atomic mass is 9.94. The van der Waals surface area contributed by atoms with Crippen molar-refractivity contribution in [1.29, 1.82) is 0 Å². The molecule has 0 saturated carbocycles. The zero-order valence-electron chi connectivity index (χ0n) is 17.7. The maximum absolute atomic E-state index is 12.9. The lowest BCUT2D eigenvalue weighted by Crippen LogP contribution is -2.43. The number of unbranched alkanes of at least 4 members (excludes halogenated alkanes) is 3. The lowest BCUT2D eigenvalue weighted by Gasteiger charge is -2.26. The molecule has 9 heteroatoms. The quantitative estimate of drug-likeness (QED) is 0.473. The Hall–Kier alpha value is -1.97. The fourth-order valence-corrected chi connectivity index (χ4v) is 5.37. The molecule has 0 aliphatic carbocycles. The van der Waals surface area contributed by atoms with Crippen molar-refractivity contribution in [2.75, 3.05) is 26.3 Å². The summed E-state index contributed by atoms with van der Waals surface area (Å²) in [6.07, 6.45) is 4.70. The van der Waals surface area contributed by atoms with Crippen LogP contribution in [0.1, 0.15) is 51.5 Å². The van der Waals surface area contributed by atoms with Crippen molar-refractivity contribution in [3.63, 3.8) is 0 Å². The molecule has 0 aromatic heterocycles. The van der Waals surface area contributed by atoms with Crippen molar-refractivity contribution in [1.82, 2.24) is 14.5 Å². The molecule has 1 atom stereocenters. The number of rotatable bonds is 9. The van der Waals surface area contributed by atoms with Crippen LogP contribution in [0.2, 0.25) is 0 Å². The number of sulfonamides is 1. The van der Waals surface area contributed by atoms with E-state index in [1.807, 2.05) is 0 Å². The molecule has 2 heterocycles. The monoisotopic (exact) mass is 437 g/mol. The fraction of sp³-hybridized carbons (Fsp3) is 0.619. The highest BCUT2D eigenvalue weighted by Gasteiger charge is 2.47. The van der Waals surface area contributed by atoms with Crippen LogP contribution < -0.4 is 5.32 Å². The number of amides is 3. The molecule has 3 rings (SSSR count). The highest BCUT2D eigenvalue weighted by Crippen LogP contribution is 2.26. The van der Waals surface area contributed by atoms with Crippen LogP contribution in [-0.4, -0.2) is 61.4 Å². The van der Waals surface area contributed by atoms with Gasteiger partial charge in [0, 0.05) is 13.1 Å². The standard InChI is InChI=1S/C21H31N3O5S/c1-3-4-5-6-10-21(2)19(25)24(20(26)22-21)16-17-8-7-9-18(15-17)30(27,28)23-11-13-29-14-12-23/h7-9,15H,3-6,10-14,16H2,1-2H3,(H,22,26)/t21-/m1/s1. The van der Waals surface area contributed by atoms with Crippen LogP contribution in [0, 0.1) is 0 Å². The van der Waals surface area contributed by atoms with Gasteiger partial charge in [0.15, 0.2) is 0 Å². The van der Waals surface area contributed by atoms with Crippen LogP contribution in [0.3, 0.4) is 0 Å². The van der Waals surface area contributed by atoms with Crippen LogP contribution in [-0.2, 0) is 26.1 Å². The molecular weight excluding hydrogens is 406 g/mol. The van der Waals surface area contributed by atoms with E-state index in [2.05, 4.69) is 12.2 Å². The Bertz CT molecular complexity index is 882. The first-order valence-corrected chi connectivity index (χ1v) is 12.0.